The fourth-order valence-corrected chi connectivity index (χ4v) is 2.31. The molecule has 0 radical (unpaired) electrons. The van der Waals surface area contributed by atoms with E-state index in [1.807, 2.05) is 32.0 Å². The fourth-order valence-electron chi connectivity index (χ4n) is 1.82. The highest BCUT2D eigenvalue weighted by Crippen LogP contribution is 2.25. The highest BCUT2D eigenvalue weighted by atomic mass is 35.5. The van der Waals surface area contributed by atoms with Gasteiger partial charge in [-0.05, 0) is 43.2 Å². The number of rotatable bonds is 2. The van der Waals surface area contributed by atoms with Crippen molar-refractivity contribution in [3.05, 3.63) is 68.7 Å². The molecule has 2 aromatic rings. The van der Waals surface area contributed by atoms with Gasteiger partial charge in [0.2, 0.25) is 0 Å². The van der Waals surface area contributed by atoms with Crippen LogP contribution in [0.15, 0.2) is 36.4 Å². The normalized spacial score (nSPS) is 10.4. The van der Waals surface area contributed by atoms with Crippen LogP contribution in [0.1, 0.15) is 27.0 Å². The third kappa shape index (κ3) is 2.43. The summed E-state index contributed by atoms with van der Waals surface area (Å²) in [6, 6.07) is 10.6. The summed E-state index contributed by atoms with van der Waals surface area (Å²) in [4.78, 5) is 12.4. The van der Waals surface area contributed by atoms with Crippen LogP contribution in [0.25, 0.3) is 0 Å². The summed E-state index contributed by atoms with van der Waals surface area (Å²) in [5.74, 6) is -0.0714. The zero-order chi connectivity index (χ0) is 13.3. The zero-order valence-electron chi connectivity index (χ0n) is 10.1. The number of hydrogen-bond acceptors (Lipinski definition) is 1. The third-order valence-corrected chi connectivity index (χ3v) is 3.57. The SMILES string of the molecule is Cc1cccc(C(=O)c2ccc(Cl)cc2Cl)c1C. The van der Waals surface area contributed by atoms with Gasteiger partial charge in [-0.15, -0.1) is 0 Å². The largest absolute Gasteiger partial charge is 0.289 e. The average Bonchev–Trinajstić information content (AvgIpc) is 2.32. The number of carbonyl (C=O) groups is 1. The average molecular weight is 279 g/mol. The molecule has 0 saturated carbocycles. The summed E-state index contributed by atoms with van der Waals surface area (Å²) in [6.07, 6.45) is 0. The Labute approximate surface area is 116 Å². The number of hydrogen-bond donors (Lipinski definition) is 0. The fraction of sp³-hybridized carbons (Fsp3) is 0.133. The predicted molar refractivity (Wildman–Crippen MR) is 75.8 cm³/mol. The second kappa shape index (κ2) is 5.13. The molecule has 0 aliphatic heterocycles. The smallest absolute Gasteiger partial charge is 0.194 e. The summed E-state index contributed by atoms with van der Waals surface area (Å²) in [5.41, 5.74) is 3.23. The van der Waals surface area contributed by atoms with Crippen molar-refractivity contribution >= 4 is 29.0 Å². The molecule has 0 aliphatic carbocycles. The van der Waals surface area contributed by atoms with Crippen molar-refractivity contribution in [3.8, 4) is 0 Å². The first-order chi connectivity index (χ1) is 8.50. The van der Waals surface area contributed by atoms with E-state index in [0.29, 0.717) is 21.2 Å². The summed E-state index contributed by atoms with van der Waals surface area (Å²) in [5, 5.41) is 0.908. The minimum Gasteiger partial charge on any atom is -0.289 e. The number of carbonyl (C=O) groups excluding carboxylic acids is 1. The van der Waals surface area contributed by atoms with Crippen LogP contribution in [0, 0.1) is 13.8 Å². The maximum Gasteiger partial charge on any atom is 0.194 e. The Morgan fingerprint density at radius 1 is 1.00 bits per heavy atom. The van der Waals surface area contributed by atoms with Gasteiger partial charge in [-0.1, -0.05) is 41.4 Å². The molecule has 0 unspecified atom stereocenters. The molecule has 0 aliphatic rings. The minimum absolute atomic E-state index is 0.0714. The van der Waals surface area contributed by atoms with E-state index in [2.05, 4.69) is 0 Å². The second-order valence-corrected chi connectivity index (χ2v) is 5.04. The predicted octanol–water partition coefficient (Wildman–Crippen LogP) is 4.84. The Bertz CT molecular complexity index is 618. The first-order valence-corrected chi connectivity index (χ1v) is 6.32. The molecule has 0 heterocycles. The molecule has 0 aromatic heterocycles. The van der Waals surface area contributed by atoms with Crippen molar-refractivity contribution in [2.75, 3.05) is 0 Å². The van der Waals surface area contributed by atoms with Gasteiger partial charge in [-0.3, -0.25) is 4.79 Å². The molecule has 0 saturated heterocycles. The van der Waals surface area contributed by atoms with Crippen LogP contribution in [0.3, 0.4) is 0 Å². The first kappa shape index (κ1) is 13.1. The molecule has 0 N–H and O–H groups in total. The van der Waals surface area contributed by atoms with Gasteiger partial charge in [0.05, 0.1) is 5.02 Å². The van der Waals surface area contributed by atoms with Crippen molar-refractivity contribution in [1.29, 1.82) is 0 Å². The van der Waals surface area contributed by atoms with Crippen molar-refractivity contribution in [3.63, 3.8) is 0 Å². The van der Waals surface area contributed by atoms with Crippen LogP contribution in [-0.4, -0.2) is 5.78 Å². The van der Waals surface area contributed by atoms with E-state index in [1.54, 1.807) is 18.2 Å². The lowest BCUT2D eigenvalue weighted by atomic mass is 9.96. The van der Waals surface area contributed by atoms with Crippen molar-refractivity contribution in [2.45, 2.75) is 13.8 Å². The van der Waals surface area contributed by atoms with Gasteiger partial charge in [-0.25, -0.2) is 0 Å². The van der Waals surface area contributed by atoms with Crippen LogP contribution in [0.2, 0.25) is 10.0 Å². The molecule has 1 nitrogen and oxygen atoms in total. The molecular weight excluding hydrogens is 267 g/mol. The molecule has 0 fully saturated rings. The van der Waals surface area contributed by atoms with E-state index in [0.717, 1.165) is 11.1 Å². The molecule has 0 spiro atoms. The van der Waals surface area contributed by atoms with Gasteiger partial charge in [0.25, 0.3) is 0 Å². The number of halogens is 2. The quantitative estimate of drug-likeness (QED) is 0.719. The summed E-state index contributed by atoms with van der Waals surface area (Å²) in [7, 11) is 0. The Hall–Kier alpha value is -1.31. The Morgan fingerprint density at radius 2 is 1.72 bits per heavy atom. The van der Waals surface area contributed by atoms with Crippen molar-refractivity contribution in [2.24, 2.45) is 0 Å². The molecule has 2 aromatic carbocycles. The highest BCUT2D eigenvalue weighted by Gasteiger charge is 2.15. The van der Waals surface area contributed by atoms with Crippen LogP contribution < -0.4 is 0 Å². The van der Waals surface area contributed by atoms with Crippen LogP contribution in [0.4, 0.5) is 0 Å². The van der Waals surface area contributed by atoms with E-state index in [1.165, 1.54) is 0 Å². The minimum atomic E-state index is -0.0714. The lowest BCUT2D eigenvalue weighted by Crippen LogP contribution is -2.05. The lowest BCUT2D eigenvalue weighted by molar-refractivity contribution is 0.103. The van der Waals surface area contributed by atoms with Gasteiger partial charge < -0.3 is 0 Å². The molecular formula is C15H12Cl2O. The molecule has 0 bridgehead atoms. The second-order valence-electron chi connectivity index (χ2n) is 4.20. The van der Waals surface area contributed by atoms with Gasteiger partial charge in [0.1, 0.15) is 0 Å². The Balaban J connectivity index is 2.51. The molecule has 3 heteroatoms. The molecule has 2 rings (SSSR count). The van der Waals surface area contributed by atoms with Crippen molar-refractivity contribution < 1.29 is 4.79 Å². The zero-order valence-corrected chi connectivity index (χ0v) is 11.6. The summed E-state index contributed by atoms with van der Waals surface area (Å²) >= 11 is 11.9. The van der Waals surface area contributed by atoms with Gasteiger partial charge >= 0.3 is 0 Å². The van der Waals surface area contributed by atoms with Gasteiger partial charge in [0.15, 0.2) is 5.78 Å². The van der Waals surface area contributed by atoms with E-state index in [-0.39, 0.29) is 5.78 Å². The Kier molecular flexibility index (Phi) is 3.74. The van der Waals surface area contributed by atoms with Crippen LogP contribution >= 0.6 is 23.2 Å². The number of benzene rings is 2. The lowest BCUT2D eigenvalue weighted by Gasteiger charge is -2.09. The number of ketones is 1. The molecule has 0 atom stereocenters. The Morgan fingerprint density at radius 3 is 2.39 bits per heavy atom. The van der Waals surface area contributed by atoms with Gasteiger partial charge in [-0.2, -0.15) is 0 Å². The summed E-state index contributed by atoms with van der Waals surface area (Å²) < 4.78 is 0. The monoisotopic (exact) mass is 278 g/mol. The molecule has 18 heavy (non-hydrogen) atoms. The van der Waals surface area contributed by atoms with E-state index >= 15 is 0 Å². The summed E-state index contributed by atoms with van der Waals surface area (Å²) in [6.45, 7) is 3.92. The third-order valence-electron chi connectivity index (χ3n) is 3.03. The highest BCUT2D eigenvalue weighted by molar-refractivity contribution is 6.37. The van der Waals surface area contributed by atoms with E-state index in [9.17, 15) is 4.79 Å². The van der Waals surface area contributed by atoms with Gasteiger partial charge in [0, 0.05) is 16.1 Å². The first-order valence-electron chi connectivity index (χ1n) is 5.56. The van der Waals surface area contributed by atoms with Crippen LogP contribution in [0.5, 0.6) is 0 Å². The van der Waals surface area contributed by atoms with E-state index in [4.69, 9.17) is 23.2 Å². The topological polar surface area (TPSA) is 17.1 Å². The van der Waals surface area contributed by atoms with Crippen molar-refractivity contribution in [1.82, 2.24) is 0 Å². The molecule has 92 valence electrons. The maximum atomic E-state index is 12.4. The number of aryl methyl sites for hydroxylation is 1. The van der Waals surface area contributed by atoms with E-state index < -0.39 is 0 Å². The van der Waals surface area contributed by atoms with Crippen LogP contribution in [-0.2, 0) is 0 Å². The standard InChI is InChI=1S/C15H12Cl2O/c1-9-4-3-5-12(10(9)2)15(18)13-7-6-11(16)8-14(13)17/h3-8H,1-2H3. The molecule has 0 amide bonds. The maximum absolute atomic E-state index is 12.4.